The number of ether oxygens (including phenoxy) is 2. The first-order valence-electron chi connectivity index (χ1n) is 11.5. The molecule has 1 aromatic carbocycles. The highest BCUT2D eigenvalue weighted by atomic mass is 19.3. The van der Waals surface area contributed by atoms with Gasteiger partial charge in [-0.1, -0.05) is 20.8 Å². The van der Waals surface area contributed by atoms with Crippen molar-refractivity contribution in [2.45, 2.75) is 72.8 Å². The van der Waals surface area contributed by atoms with Gasteiger partial charge in [0, 0.05) is 23.1 Å². The van der Waals surface area contributed by atoms with E-state index >= 15 is 0 Å². The summed E-state index contributed by atoms with van der Waals surface area (Å²) in [6, 6.07) is 5.08. The number of carbonyl (C=O) groups is 1. The topological polar surface area (TPSA) is 94.5 Å². The third kappa shape index (κ3) is 6.04. The van der Waals surface area contributed by atoms with E-state index in [1.54, 1.807) is 18.2 Å². The molecule has 2 aromatic heterocycles. The Kier molecular flexibility index (Phi) is 7.33. The Bertz CT molecular complexity index is 1300. The average molecular weight is 490 g/mol. The van der Waals surface area contributed by atoms with Crippen molar-refractivity contribution in [1.82, 2.24) is 19.4 Å². The summed E-state index contributed by atoms with van der Waals surface area (Å²) in [6.45, 7) is 12.5. The molecule has 0 saturated heterocycles. The van der Waals surface area contributed by atoms with Gasteiger partial charge in [0.05, 0.1) is 13.2 Å². The van der Waals surface area contributed by atoms with Gasteiger partial charge < -0.3 is 9.47 Å². The number of hydrogen-bond donors (Lipinski definition) is 1. The van der Waals surface area contributed by atoms with Crippen LogP contribution in [0, 0.1) is 19.3 Å². The van der Waals surface area contributed by atoms with E-state index in [1.807, 2.05) is 41.5 Å². The second kappa shape index (κ2) is 9.75. The van der Waals surface area contributed by atoms with Gasteiger partial charge in [0.2, 0.25) is 17.4 Å². The molecule has 1 N–H and O–H groups in total. The molecular weight excluding hydrogens is 456 g/mol. The summed E-state index contributed by atoms with van der Waals surface area (Å²) in [5.74, 6) is -2.36. The Balaban J connectivity index is 1.95. The standard InChI is InChI=1S/C25H33F2N5O3/c1-8-34-22-16(3)15(2)21-29-31(23(28)32(21)30-22)14-20(33)17-11-18(24(4,5)6)13-19(12-17)35-10-9-25(7,26)27/h11-13,28H,8-10,14H2,1-7H3. The fraction of sp³-hybridized carbons (Fsp3) is 0.520. The number of aryl methyl sites for hydroxylation is 1. The van der Waals surface area contributed by atoms with Crippen LogP contribution in [0.3, 0.4) is 0 Å². The van der Waals surface area contributed by atoms with Crippen molar-refractivity contribution in [1.29, 1.82) is 5.41 Å². The number of nitrogens with zero attached hydrogens (tertiary/aromatic N) is 4. The highest BCUT2D eigenvalue weighted by Gasteiger charge is 2.23. The Labute approximate surface area is 203 Å². The fourth-order valence-electron chi connectivity index (χ4n) is 3.47. The quantitative estimate of drug-likeness (QED) is 0.442. The predicted octanol–water partition coefficient (Wildman–Crippen LogP) is 4.63. The normalized spacial score (nSPS) is 12.3. The number of Topliss-reactive ketones (excluding diaryl/α,β-unsaturated/α-hetero) is 1. The smallest absolute Gasteiger partial charge is 0.248 e. The van der Waals surface area contributed by atoms with Crippen LogP contribution in [0.1, 0.15) is 68.1 Å². The van der Waals surface area contributed by atoms with Crippen molar-refractivity contribution in [3.63, 3.8) is 0 Å². The predicted molar refractivity (Wildman–Crippen MR) is 128 cm³/mol. The minimum Gasteiger partial charge on any atom is -0.493 e. The molecule has 0 spiro atoms. The van der Waals surface area contributed by atoms with Gasteiger partial charge in [0.1, 0.15) is 12.3 Å². The van der Waals surface area contributed by atoms with E-state index in [0.717, 1.165) is 23.6 Å². The lowest BCUT2D eigenvalue weighted by Gasteiger charge is -2.21. The molecule has 190 valence electrons. The van der Waals surface area contributed by atoms with Crippen LogP contribution in [0.4, 0.5) is 8.78 Å². The number of halogens is 2. The maximum absolute atomic E-state index is 13.3. The van der Waals surface area contributed by atoms with Crippen LogP contribution in [0.25, 0.3) is 5.65 Å². The van der Waals surface area contributed by atoms with Crippen molar-refractivity contribution in [3.05, 3.63) is 46.1 Å². The number of carbonyl (C=O) groups excluding carboxylic acids is 1. The van der Waals surface area contributed by atoms with E-state index < -0.39 is 12.3 Å². The van der Waals surface area contributed by atoms with Crippen LogP contribution in [0.15, 0.2) is 18.2 Å². The molecule has 3 rings (SSSR count). The maximum Gasteiger partial charge on any atom is 0.248 e. The second-order valence-corrected chi connectivity index (χ2v) is 9.79. The lowest BCUT2D eigenvalue weighted by atomic mass is 9.85. The summed E-state index contributed by atoms with van der Waals surface area (Å²) < 4.78 is 40.2. The third-order valence-electron chi connectivity index (χ3n) is 5.75. The summed E-state index contributed by atoms with van der Waals surface area (Å²) >= 11 is 0. The van der Waals surface area contributed by atoms with Crippen LogP contribution < -0.4 is 15.1 Å². The number of ketones is 1. The summed E-state index contributed by atoms with van der Waals surface area (Å²) in [7, 11) is 0. The molecule has 3 aromatic rings. The summed E-state index contributed by atoms with van der Waals surface area (Å²) in [5, 5.41) is 17.3. The molecule has 0 fully saturated rings. The Hall–Kier alpha value is -3.30. The van der Waals surface area contributed by atoms with Gasteiger partial charge in [0.15, 0.2) is 11.4 Å². The van der Waals surface area contributed by atoms with E-state index in [2.05, 4.69) is 10.2 Å². The molecule has 0 aliphatic carbocycles. The summed E-state index contributed by atoms with van der Waals surface area (Å²) in [6.07, 6.45) is -0.426. The van der Waals surface area contributed by atoms with E-state index in [-0.39, 0.29) is 30.0 Å². The molecule has 0 aliphatic heterocycles. The molecule has 2 heterocycles. The first-order valence-corrected chi connectivity index (χ1v) is 11.5. The minimum atomic E-state index is -2.84. The molecule has 0 amide bonds. The monoisotopic (exact) mass is 489 g/mol. The van der Waals surface area contributed by atoms with Crippen molar-refractivity contribution in [2.75, 3.05) is 13.2 Å². The van der Waals surface area contributed by atoms with E-state index in [4.69, 9.17) is 14.9 Å². The Morgan fingerprint density at radius 3 is 2.34 bits per heavy atom. The highest BCUT2D eigenvalue weighted by Crippen LogP contribution is 2.29. The van der Waals surface area contributed by atoms with Gasteiger partial charge in [-0.05, 0) is 56.9 Å². The molecule has 10 heteroatoms. The lowest BCUT2D eigenvalue weighted by molar-refractivity contribution is 0.000823. The number of hydrogen-bond acceptors (Lipinski definition) is 6. The van der Waals surface area contributed by atoms with Crippen molar-refractivity contribution < 1.29 is 23.0 Å². The van der Waals surface area contributed by atoms with Gasteiger partial charge in [0.25, 0.3) is 0 Å². The van der Waals surface area contributed by atoms with Crippen LogP contribution in [0.2, 0.25) is 0 Å². The molecule has 0 saturated carbocycles. The van der Waals surface area contributed by atoms with Gasteiger partial charge in [-0.3, -0.25) is 10.2 Å². The van der Waals surface area contributed by atoms with Crippen LogP contribution in [-0.2, 0) is 12.0 Å². The summed E-state index contributed by atoms with van der Waals surface area (Å²) in [5.41, 5.74) is 2.93. The fourth-order valence-corrected chi connectivity index (χ4v) is 3.47. The lowest BCUT2D eigenvalue weighted by Crippen LogP contribution is -2.26. The molecule has 0 bridgehead atoms. The van der Waals surface area contributed by atoms with Gasteiger partial charge in [-0.25, -0.2) is 13.5 Å². The molecule has 0 atom stereocenters. The number of alkyl halides is 2. The minimum absolute atomic E-state index is 0.0639. The Morgan fingerprint density at radius 2 is 1.74 bits per heavy atom. The summed E-state index contributed by atoms with van der Waals surface area (Å²) in [4.78, 5) is 13.3. The van der Waals surface area contributed by atoms with E-state index in [1.165, 1.54) is 9.20 Å². The number of benzene rings is 1. The first kappa shape index (κ1) is 26.3. The van der Waals surface area contributed by atoms with Gasteiger partial charge in [-0.15, -0.1) is 10.2 Å². The molecule has 0 aliphatic rings. The maximum atomic E-state index is 13.3. The average Bonchev–Trinajstić information content (AvgIpc) is 3.05. The van der Waals surface area contributed by atoms with Crippen molar-refractivity contribution in [3.8, 4) is 11.6 Å². The highest BCUT2D eigenvalue weighted by molar-refractivity contribution is 5.96. The first-order chi connectivity index (χ1) is 16.2. The van der Waals surface area contributed by atoms with Crippen LogP contribution in [0.5, 0.6) is 11.6 Å². The van der Waals surface area contributed by atoms with Gasteiger partial charge >= 0.3 is 0 Å². The SMILES string of the molecule is CCOc1nn2c(=N)n(CC(=O)c3cc(OCCC(C)(F)F)cc(C(C)(C)C)c3)nc2c(C)c1C. The zero-order valence-electron chi connectivity index (χ0n) is 21.3. The van der Waals surface area contributed by atoms with E-state index in [9.17, 15) is 13.6 Å². The molecular formula is C25H33F2N5O3. The molecule has 0 radical (unpaired) electrons. The van der Waals surface area contributed by atoms with Gasteiger partial charge in [-0.2, -0.15) is 4.52 Å². The van der Waals surface area contributed by atoms with Crippen LogP contribution >= 0.6 is 0 Å². The zero-order valence-corrected chi connectivity index (χ0v) is 21.3. The number of aromatic nitrogens is 4. The van der Waals surface area contributed by atoms with E-state index in [0.29, 0.717) is 29.4 Å². The molecule has 35 heavy (non-hydrogen) atoms. The number of fused-ring (bicyclic) bond motifs is 1. The zero-order chi connectivity index (χ0) is 26.1. The number of nitrogens with one attached hydrogen (secondary N) is 1. The van der Waals surface area contributed by atoms with Crippen molar-refractivity contribution >= 4 is 11.4 Å². The molecule has 8 nitrogen and oxygen atoms in total. The Morgan fingerprint density at radius 1 is 1.06 bits per heavy atom. The third-order valence-corrected chi connectivity index (χ3v) is 5.75. The van der Waals surface area contributed by atoms with Crippen molar-refractivity contribution in [2.24, 2.45) is 0 Å². The largest absolute Gasteiger partial charge is 0.493 e. The number of rotatable bonds is 9. The molecule has 0 unspecified atom stereocenters. The van der Waals surface area contributed by atoms with Crippen LogP contribution in [-0.4, -0.2) is 44.3 Å². The second-order valence-electron chi connectivity index (χ2n) is 9.79.